The van der Waals surface area contributed by atoms with Crippen molar-refractivity contribution in [3.8, 4) is 0 Å². The van der Waals surface area contributed by atoms with Gasteiger partial charge in [-0.25, -0.2) is 10.8 Å². The third kappa shape index (κ3) is 3.36. The highest BCUT2D eigenvalue weighted by molar-refractivity contribution is 5.79. The van der Waals surface area contributed by atoms with Crippen LogP contribution >= 0.6 is 0 Å². The fraction of sp³-hybridized carbons (Fsp3) is 0.923. The molecule has 0 aromatic carbocycles. The van der Waals surface area contributed by atoms with Gasteiger partial charge in [-0.15, -0.1) is 0 Å². The SMILES string of the molecule is CC(C)N=C(NN)N1CCC(N2CCCCC2)C1. The molecule has 3 N–H and O–H groups in total. The Hall–Kier alpha value is -0.810. The molecule has 0 saturated carbocycles. The minimum absolute atomic E-state index is 0.282. The number of nitrogens with two attached hydrogens (primary N) is 1. The summed E-state index contributed by atoms with van der Waals surface area (Å²) in [7, 11) is 0. The van der Waals surface area contributed by atoms with Crippen molar-refractivity contribution in [1.82, 2.24) is 15.2 Å². The number of rotatable bonds is 2. The summed E-state index contributed by atoms with van der Waals surface area (Å²) in [5, 5.41) is 0. The average molecular weight is 253 g/mol. The topological polar surface area (TPSA) is 56.9 Å². The Morgan fingerprint density at radius 3 is 2.56 bits per heavy atom. The van der Waals surface area contributed by atoms with E-state index in [-0.39, 0.29) is 6.04 Å². The lowest BCUT2D eigenvalue weighted by Gasteiger charge is -2.32. The van der Waals surface area contributed by atoms with Crippen LogP contribution in [0.15, 0.2) is 4.99 Å². The minimum atomic E-state index is 0.282. The Morgan fingerprint density at radius 2 is 1.94 bits per heavy atom. The van der Waals surface area contributed by atoms with Crippen molar-refractivity contribution in [2.24, 2.45) is 10.8 Å². The van der Waals surface area contributed by atoms with Gasteiger partial charge < -0.3 is 4.90 Å². The van der Waals surface area contributed by atoms with Crippen LogP contribution in [0.3, 0.4) is 0 Å². The molecule has 5 heteroatoms. The smallest absolute Gasteiger partial charge is 0.208 e. The van der Waals surface area contributed by atoms with E-state index >= 15 is 0 Å². The number of hydrogen-bond acceptors (Lipinski definition) is 3. The van der Waals surface area contributed by atoms with Crippen molar-refractivity contribution in [3.05, 3.63) is 0 Å². The molecule has 0 bridgehead atoms. The molecule has 0 aromatic heterocycles. The van der Waals surface area contributed by atoms with Gasteiger partial charge >= 0.3 is 0 Å². The van der Waals surface area contributed by atoms with E-state index in [9.17, 15) is 0 Å². The second-order valence-corrected chi connectivity index (χ2v) is 5.68. The summed E-state index contributed by atoms with van der Waals surface area (Å²) in [6.45, 7) is 8.83. The van der Waals surface area contributed by atoms with Crippen molar-refractivity contribution in [3.63, 3.8) is 0 Å². The van der Waals surface area contributed by atoms with E-state index in [1.54, 1.807) is 0 Å². The first-order chi connectivity index (χ1) is 8.70. The Labute approximate surface area is 110 Å². The zero-order valence-corrected chi connectivity index (χ0v) is 11.7. The third-order valence-corrected chi connectivity index (χ3v) is 3.88. The summed E-state index contributed by atoms with van der Waals surface area (Å²) in [5.41, 5.74) is 2.76. The van der Waals surface area contributed by atoms with E-state index in [4.69, 9.17) is 5.84 Å². The summed E-state index contributed by atoms with van der Waals surface area (Å²) in [6, 6.07) is 0.973. The highest BCUT2D eigenvalue weighted by Gasteiger charge is 2.29. The number of nitrogens with zero attached hydrogens (tertiary/aromatic N) is 3. The lowest BCUT2D eigenvalue weighted by molar-refractivity contribution is 0.168. The molecule has 104 valence electrons. The van der Waals surface area contributed by atoms with Gasteiger partial charge in [-0.3, -0.25) is 10.3 Å². The fourth-order valence-electron chi connectivity index (χ4n) is 2.97. The third-order valence-electron chi connectivity index (χ3n) is 3.88. The molecule has 2 rings (SSSR count). The number of nitrogens with one attached hydrogen (secondary N) is 1. The van der Waals surface area contributed by atoms with Gasteiger partial charge in [0.05, 0.1) is 0 Å². The quantitative estimate of drug-likeness (QED) is 0.330. The Kier molecular flexibility index (Phi) is 4.83. The van der Waals surface area contributed by atoms with Crippen LogP contribution in [-0.4, -0.2) is 54.0 Å². The van der Waals surface area contributed by atoms with E-state index in [2.05, 4.69) is 34.1 Å². The van der Waals surface area contributed by atoms with Gasteiger partial charge in [0.1, 0.15) is 0 Å². The highest BCUT2D eigenvalue weighted by atomic mass is 15.4. The standard InChI is InChI=1S/C13H27N5/c1-11(2)15-13(16-14)18-9-6-12(10-18)17-7-4-3-5-8-17/h11-12H,3-10,14H2,1-2H3,(H,15,16). The predicted octanol–water partition coefficient (Wildman–Crippen LogP) is 0.774. The summed E-state index contributed by atoms with van der Waals surface area (Å²) in [4.78, 5) is 9.48. The normalized spacial score (nSPS) is 27.0. The number of hydrogen-bond donors (Lipinski definition) is 2. The number of likely N-dealkylation sites (tertiary alicyclic amines) is 2. The second kappa shape index (κ2) is 6.38. The van der Waals surface area contributed by atoms with Crippen molar-refractivity contribution in [1.29, 1.82) is 0 Å². The van der Waals surface area contributed by atoms with Gasteiger partial charge in [0.2, 0.25) is 5.96 Å². The van der Waals surface area contributed by atoms with Crippen LogP contribution in [0.2, 0.25) is 0 Å². The summed E-state index contributed by atoms with van der Waals surface area (Å²) >= 11 is 0. The number of guanidine groups is 1. The molecule has 18 heavy (non-hydrogen) atoms. The first kappa shape index (κ1) is 13.6. The highest BCUT2D eigenvalue weighted by Crippen LogP contribution is 2.20. The van der Waals surface area contributed by atoms with Gasteiger partial charge in [-0.05, 0) is 46.2 Å². The molecule has 0 aromatic rings. The molecule has 5 nitrogen and oxygen atoms in total. The molecule has 2 aliphatic rings. The predicted molar refractivity (Wildman–Crippen MR) is 75.3 cm³/mol. The van der Waals surface area contributed by atoms with Gasteiger partial charge in [0, 0.05) is 25.2 Å². The zero-order chi connectivity index (χ0) is 13.0. The second-order valence-electron chi connectivity index (χ2n) is 5.68. The van der Waals surface area contributed by atoms with Gasteiger partial charge in [-0.1, -0.05) is 6.42 Å². The summed E-state index contributed by atoms with van der Waals surface area (Å²) < 4.78 is 0. The molecule has 2 fully saturated rings. The van der Waals surface area contributed by atoms with Crippen LogP contribution in [0.1, 0.15) is 39.5 Å². The van der Waals surface area contributed by atoms with Crippen molar-refractivity contribution in [2.75, 3.05) is 26.2 Å². The maximum atomic E-state index is 5.59. The van der Waals surface area contributed by atoms with Gasteiger partial charge in [-0.2, -0.15) is 0 Å². The molecule has 0 spiro atoms. The lowest BCUT2D eigenvalue weighted by Crippen LogP contribution is -2.46. The van der Waals surface area contributed by atoms with Crippen LogP contribution in [0.4, 0.5) is 0 Å². The van der Waals surface area contributed by atoms with Crippen LogP contribution in [0.5, 0.6) is 0 Å². The molecular weight excluding hydrogens is 226 g/mol. The summed E-state index contributed by atoms with van der Waals surface area (Å²) in [6.07, 6.45) is 5.35. The first-order valence-corrected chi connectivity index (χ1v) is 7.24. The molecule has 1 unspecified atom stereocenters. The molecule has 0 radical (unpaired) electrons. The minimum Gasteiger partial charge on any atom is -0.340 e. The molecule has 0 amide bonds. The molecule has 2 saturated heterocycles. The van der Waals surface area contributed by atoms with Crippen molar-refractivity contribution >= 4 is 5.96 Å². The monoisotopic (exact) mass is 253 g/mol. The zero-order valence-electron chi connectivity index (χ0n) is 11.7. The van der Waals surface area contributed by atoms with Crippen LogP contribution < -0.4 is 11.3 Å². The van der Waals surface area contributed by atoms with Gasteiger partial charge in [0.25, 0.3) is 0 Å². The maximum absolute atomic E-state index is 5.59. The summed E-state index contributed by atoms with van der Waals surface area (Å²) in [5.74, 6) is 6.44. The maximum Gasteiger partial charge on any atom is 0.208 e. The molecular formula is C13H27N5. The van der Waals surface area contributed by atoms with Crippen LogP contribution in [-0.2, 0) is 0 Å². The van der Waals surface area contributed by atoms with E-state index in [1.165, 1.54) is 38.8 Å². The van der Waals surface area contributed by atoms with E-state index in [1.807, 2.05) is 0 Å². The van der Waals surface area contributed by atoms with Crippen LogP contribution in [0, 0.1) is 0 Å². The number of hydrazine groups is 1. The van der Waals surface area contributed by atoms with Crippen LogP contribution in [0.25, 0.3) is 0 Å². The number of piperidine rings is 1. The Bertz CT molecular complexity index is 283. The van der Waals surface area contributed by atoms with E-state index in [0.717, 1.165) is 19.0 Å². The molecule has 0 aliphatic carbocycles. The fourth-order valence-corrected chi connectivity index (χ4v) is 2.97. The Morgan fingerprint density at radius 1 is 1.22 bits per heavy atom. The number of aliphatic imine (C=N–C) groups is 1. The molecule has 2 heterocycles. The van der Waals surface area contributed by atoms with E-state index in [0.29, 0.717) is 6.04 Å². The average Bonchev–Trinajstić information content (AvgIpc) is 2.86. The first-order valence-electron chi connectivity index (χ1n) is 7.24. The largest absolute Gasteiger partial charge is 0.340 e. The van der Waals surface area contributed by atoms with Gasteiger partial charge in [0.15, 0.2) is 0 Å². The van der Waals surface area contributed by atoms with Crippen molar-refractivity contribution in [2.45, 2.75) is 51.6 Å². The molecule has 2 aliphatic heterocycles. The van der Waals surface area contributed by atoms with Crippen molar-refractivity contribution < 1.29 is 0 Å². The molecule has 1 atom stereocenters. The lowest BCUT2D eigenvalue weighted by atomic mass is 10.1. The Balaban J connectivity index is 1.90. The van der Waals surface area contributed by atoms with E-state index < -0.39 is 0 Å².